The van der Waals surface area contributed by atoms with Crippen LogP contribution in [0.25, 0.3) is 5.65 Å². The van der Waals surface area contributed by atoms with Crippen LogP contribution in [0.4, 0.5) is 19.1 Å². The molecule has 0 bridgehead atoms. The van der Waals surface area contributed by atoms with Crippen molar-refractivity contribution in [3.8, 4) is 0 Å². The molecule has 1 aliphatic carbocycles. The van der Waals surface area contributed by atoms with E-state index >= 15 is 0 Å². The number of imidazole rings is 1. The lowest BCUT2D eigenvalue weighted by atomic mass is 9.76. The largest absolute Gasteiger partial charge is 0.418 e. The van der Waals surface area contributed by atoms with Gasteiger partial charge < -0.3 is 10.3 Å². The van der Waals surface area contributed by atoms with Crippen LogP contribution in [-0.4, -0.2) is 38.2 Å². The van der Waals surface area contributed by atoms with Gasteiger partial charge in [-0.15, -0.1) is 0 Å². The Labute approximate surface area is 181 Å². The van der Waals surface area contributed by atoms with E-state index in [1.54, 1.807) is 18.6 Å². The van der Waals surface area contributed by atoms with E-state index in [1.165, 1.54) is 12.3 Å². The number of hydrogen-bond donors (Lipinski definition) is 1. The lowest BCUT2D eigenvalue weighted by molar-refractivity contribution is -0.140. The van der Waals surface area contributed by atoms with Gasteiger partial charge in [-0.1, -0.05) is 11.8 Å². The minimum absolute atomic E-state index is 0.0513. The van der Waals surface area contributed by atoms with Crippen molar-refractivity contribution < 1.29 is 13.2 Å². The molecule has 0 amide bonds. The number of anilines is 1. The predicted molar refractivity (Wildman–Crippen MR) is 112 cm³/mol. The highest BCUT2D eigenvalue weighted by atomic mass is 32.2. The lowest BCUT2D eigenvalue weighted by Gasteiger charge is -2.40. The summed E-state index contributed by atoms with van der Waals surface area (Å²) < 4.78 is 41.9. The SMILES string of the molecule is N=C1CCCC12CCN(c1ncc(Sc3ccncc3C(F)(F)F)c3nccn13)CC2. The first kappa shape index (κ1) is 20.3. The summed E-state index contributed by atoms with van der Waals surface area (Å²) in [5.41, 5.74) is 0.746. The van der Waals surface area contributed by atoms with Crippen molar-refractivity contribution in [1.29, 1.82) is 5.41 Å². The van der Waals surface area contributed by atoms with Crippen molar-refractivity contribution in [2.75, 3.05) is 18.0 Å². The molecular weight excluding hydrogens is 425 g/mol. The van der Waals surface area contributed by atoms with Crippen LogP contribution in [0, 0.1) is 10.8 Å². The Balaban J connectivity index is 1.43. The Morgan fingerprint density at radius 2 is 1.84 bits per heavy atom. The van der Waals surface area contributed by atoms with Crippen molar-refractivity contribution >= 4 is 29.1 Å². The van der Waals surface area contributed by atoms with E-state index in [-0.39, 0.29) is 10.3 Å². The molecule has 0 radical (unpaired) electrons. The van der Waals surface area contributed by atoms with Gasteiger partial charge in [-0.3, -0.25) is 9.38 Å². The van der Waals surface area contributed by atoms with Crippen LogP contribution in [0.5, 0.6) is 0 Å². The third-order valence-electron chi connectivity index (χ3n) is 6.41. The molecule has 3 aromatic rings. The second-order valence-electron chi connectivity index (χ2n) is 8.11. The molecule has 31 heavy (non-hydrogen) atoms. The van der Waals surface area contributed by atoms with Gasteiger partial charge in [0.15, 0.2) is 5.65 Å². The van der Waals surface area contributed by atoms with Crippen LogP contribution in [0.2, 0.25) is 0 Å². The third kappa shape index (κ3) is 3.56. The number of aromatic nitrogens is 4. The number of rotatable bonds is 3. The standard InChI is InChI=1S/C21H21F3N6S/c22-21(23,24)14-12-26-7-3-15(14)31-16-13-28-19(30-11-8-27-18(16)30)29-9-5-20(6-10-29)4-1-2-17(20)25/h3,7-8,11-13,25H,1-2,4-6,9-10H2. The molecule has 1 saturated heterocycles. The number of nitrogens with one attached hydrogen (secondary N) is 1. The smallest absolute Gasteiger partial charge is 0.342 e. The Bertz CT molecular complexity index is 1130. The fourth-order valence-corrected chi connectivity index (χ4v) is 5.69. The zero-order valence-corrected chi connectivity index (χ0v) is 17.5. The third-order valence-corrected chi connectivity index (χ3v) is 7.49. The highest BCUT2D eigenvalue weighted by Crippen LogP contribution is 2.45. The van der Waals surface area contributed by atoms with E-state index in [9.17, 15) is 13.2 Å². The highest BCUT2D eigenvalue weighted by molar-refractivity contribution is 7.99. The van der Waals surface area contributed by atoms with E-state index in [0.29, 0.717) is 10.5 Å². The first-order valence-electron chi connectivity index (χ1n) is 10.2. The molecule has 10 heteroatoms. The number of piperidine rings is 1. The van der Waals surface area contributed by atoms with Crippen LogP contribution in [0.3, 0.4) is 0 Å². The molecule has 1 saturated carbocycles. The molecule has 0 atom stereocenters. The second kappa shape index (κ2) is 7.51. The first-order valence-corrected chi connectivity index (χ1v) is 11.0. The van der Waals surface area contributed by atoms with Crippen molar-refractivity contribution in [3.05, 3.63) is 42.6 Å². The highest BCUT2D eigenvalue weighted by Gasteiger charge is 2.42. The van der Waals surface area contributed by atoms with Crippen molar-refractivity contribution in [1.82, 2.24) is 19.4 Å². The molecule has 1 N–H and O–H groups in total. The lowest BCUT2D eigenvalue weighted by Crippen LogP contribution is -2.43. The van der Waals surface area contributed by atoms with Gasteiger partial charge in [-0.2, -0.15) is 13.2 Å². The van der Waals surface area contributed by atoms with Gasteiger partial charge in [0.1, 0.15) is 0 Å². The van der Waals surface area contributed by atoms with Crippen molar-refractivity contribution in [2.24, 2.45) is 5.41 Å². The van der Waals surface area contributed by atoms with Gasteiger partial charge in [0.2, 0.25) is 5.95 Å². The maximum absolute atomic E-state index is 13.4. The van der Waals surface area contributed by atoms with Crippen molar-refractivity contribution in [3.63, 3.8) is 0 Å². The molecule has 6 nitrogen and oxygen atoms in total. The van der Waals surface area contributed by atoms with Crippen molar-refractivity contribution in [2.45, 2.75) is 48.1 Å². The van der Waals surface area contributed by atoms with Gasteiger partial charge >= 0.3 is 6.18 Å². The molecule has 2 fully saturated rings. The topological polar surface area (TPSA) is 70.2 Å². The van der Waals surface area contributed by atoms with E-state index < -0.39 is 11.7 Å². The van der Waals surface area contributed by atoms with Crippen LogP contribution in [-0.2, 0) is 6.18 Å². The molecule has 3 aromatic heterocycles. The van der Waals surface area contributed by atoms with Crippen LogP contribution in [0.1, 0.15) is 37.7 Å². The molecule has 4 heterocycles. The monoisotopic (exact) mass is 446 g/mol. The average Bonchev–Trinajstić information content (AvgIpc) is 3.37. The first-order chi connectivity index (χ1) is 14.9. The number of hydrogen-bond acceptors (Lipinski definition) is 6. The summed E-state index contributed by atoms with van der Waals surface area (Å²) in [4.78, 5) is 15.4. The van der Waals surface area contributed by atoms with E-state index in [4.69, 9.17) is 5.41 Å². The minimum Gasteiger partial charge on any atom is -0.342 e. The summed E-state index contributed by atoms with van der Waals surface area (Å²) in [5.74, 6) is 0.738. The molecule has 5 rings (SSSR count). The molecule has 0 unspecified atom stereocenters. The van der Waals surface area contributed by atoms with Crippen LogP contribution < -0.4 is 4.90 Å². The van der Waals surface area contributed by atoms with Gasteiger partial charge in [0.05, 0.1) is 10.5 Å². The fraction of sp³-hybridized carbons (Fsp3) is 0.429. The molecular formula is C21H21F3N6S. The number of pyridine rings is 1. The normalized spacial score (nSPS) is 18.9. The Morgan fingerprint density at radius 1 is 1.03 bits per heavy atom. The summed E-state index contributed by atoms with van der Waals surface area (Å²) in [5, 5.41) is 8.33. The minimum atomic E-state index is -4.48. The number of nitrogens with zero attached hydrogens (tertiary/aromatic N) is 5. The molecule has 162 valence electrons. The zero-order chi connectivity index (χ0) is 21.6. The van der Waals surface area contributed by atoms with Gasteiger partial charge in [-0.05, 0) is 38.2 Å². The van der Waals surface area contributed by atoms with Crippen LogP contribution in [0.15, 0.2) is 46.8 Å². The van der Waals surface area contributed by atoms with Gasteiger partial charge in [-0.25, -0.2) is 9.97 Å². The quantitative estimate of drug-likeness (QED) is 0.607. The van der Waals surface area contributed by atoms with E-state index in [2.05, 4.69) is 19.9 Å². The Morgan fingerprint density at radius 3 is 2.55 bits per heavy atom. The van der Waals surface area contributed by atoms with Crippen LogP contribution >= 0.6 is 11.8 Å². The molecule has 2 aliphatic rings. The molecule has 0 aromatic carbocycles. The predicted octanol–water partition coefficient (Wildman–Crippen LogP) is 5.08. The summed E-state index contributed by atoms with van der Waals surface area (Å²) in [6, 6.07) is 1.36. The molecule has 1 aliphatic heterocycles. The van der Waals surface area contributed by atoms with Gasteiger partial charge in [0.25, 0.3) is 0 Å². The summed E-state index contributed by atoms with van der Waals surface area (Å²) in [7, 11) is 0. The number of fused-ring (bicyclic) bond motifs is 1. The fourth-order valence-electron chi connectivity index (χ4n) is 4.70. The van der Waals surface area contributed by atoms with E-state index in [1.807, 2.05) is 4.40 Å². The van der Waals surface area contributed by atoms with Gasteiger partial charge in [0, 0.05) is 60.1 Å². The second-order valence-corrected chi connectivity index (χ2v) is 9.20. The summed E-state index contributed by atoms with van der Waals surface area (Å²) >= 11 is 0.994. The maximum atomic E-state index is 13.4. The Hall–Kier alpha value is -2.62. The summed E-state index contributed by atoms with van der Waals surface area (Å²) in [6.07, 6.45) is 7.73. The average molecular weight is 447 g/mol. The molecule has 1 spiro atoms. The maximum Gasteiger partial charge on any atom is 0.418 e. The zero-order valence-electron chi connectivity index (χ0n) is 16.7. The van der Waals surface area contributed by atoms with E-state index in [0.717, 1.165) is 74.8 Å². The number of alkyl halides is 3. The number of halogens is 3. The Kier molecular flexibility index (Phi) is 4.91. The summed E-state index contributed by atoms with van der Waals surface area (Å²) in [6.45, 7) is 1.61.